The Balaban J connectivity index is 2.01. The number of hydrogen-bond acceptors (Lipinski definition) is 1. The van der Waals surface area contributed by atoms with E-state index in [0.717, 1.165) is 18.9 Å². The van der Waals surface area contributed by atoms with Crippen LogP contribution >= 0.6 is 15.9 Å². The van der Waals surface area contributed by atoms with Gasteiger partial charge in [-0.15, -0.1) is 0 Å². The molecule has 1 aliphatic rings. The van der Waals surface area contributed by atoms with Gasteiger partial charge in [0.1, 0.15) is 0 Å². The lowest BCUT2D eigenvalue weighted by Crippen LogP contribution is -2.35. The maximum Gasteiger partial charge on any atom is 0.0178 e. The van der Waals surface area contributed by atoms with Crippen molar-refractivity contribution in [3.05, 3.63) is 34.3 Å². The molecule has 1 N–H and O–H groups in total. The van der Waals surface area contributed by atoms with Gasteiger partial charge < -0.3 is 5.32 Å². The quantitative estimate of drug-likeness (QED) is 0.821. The Kier molecular flexibility index (Phi) is 4.50. The van der Waals surface area contributed by atoms with Crippen molar-refractivity contribution < 1.29 is 0 Å². The van der Waals surface area contributed by atoms with Gasteiger partial charge in [-0.05, 0) is 54.8 Å². The molecule has 1 saturated carbocycles. The van der Waals surface area contributed by atoms with E-state index >= 15 is 0 Å². The van der Waals surface area contributed by atoms with Crippen LogP contribution in [0.2, 0.25) is 0 Å². The van der Waals surface area contributed by atoms with E-state index in [1.54, 1.807) is 0 Å². The third-order valence-corrected chi connectivity index (χ3v) is 4.57. The Bertz CT molecular complexity index is 400. The molecule has 0 bridgehead atoms. The van der Waals surface area contributed by atoms with Gasteiger partial charge in [-0.1, -0.05) is 48.8 Å². The van der Waals surface area contributed by atoms with Crippen LogP contribution in [-0.4, -0.2) is 12.6 Å². The minimum Gasteiger partial charge on any atom is -0.313 e. The van der Waals surface area contributed by atoms with E-state index in [2.05, 4.69) is 66.3 Å². The van der Waals surface area contributed by atoms with Gasteiger partial charge in [0.25, 0.3) is 0 Å². The van der Waals surface area contributed by atoms with Gasteiger partial charge in [-0.2, -0.15) is 0 Å². The van der Waals surface area contributed by atoms with Crippen molar-refractivity contribution in [1.82, 2.24) is 5.32 Å². The van der Waals surface area contributed by atoms with Gasteiger partial charge in [0.05, 0.1) is 0 Å². The molecule has 0 spiro atoms. The normalized spacial score (nSPS) is 22.8. The second-order valence-electron chi connectivity index (χ2n) is 6.19. The van der Waals surface area contributed by atoms with Crippen molar-refractivity contribution in [3.63, 3.8) is 0 Å². The van der Waals surface area contributed by atoms with Crippen LogP contribution in [0.4, 0.5) is 0 Å². The molecule has 2 rings (SSSR count). The highest BCUT2D eigenvalue weighted by atomic mass is 79.9. The van der Waals surface area contributed by atoms with E-state index in [0.29, 0.717) is 11.5 Å². The predicted octanol–water partition coefficient (Wildman–Crippen LogP) is 4.41. The summed E-state index contributed by atoms with van der Waals surface area (Å²) < 4.78 is 1.18. The molecule has 18 heavy (non-hydrogen) atoms. The molecule has 100 valence electrons. The van der Waals surface area contributed by atoms with Crippen LogP contribution in [0.1, 0.15) is 39.2 Å². The largest absolute Gasteiger partial charge is 0.313 e. The first-order valence-electron chi connectivity index (χ1n) is 7.01. The molecule has 1 aromatic carbocycles. The fourth-order valence-corrected chi connectivity index (χ4v) is 3.25. The first-order chi connectivity index (χ1) is 8.53. The predicted molar refractivity (Wildman–Crippen MR) is 81.8 cm³/mol. The van der Waals surface area contributed by atoms with E-state index in [4.69, 9.17) is 0 Å². The summed E-state index contributed by atoms with van der Waals surface area (Å²) in [6.45, 7) is 8.14. The molecule has 0 amide bonds. The second-order valence-corrected chi connectivity index (χ2v) is 7.11. The van der Waals surface area contributed by atoms with Gasteiger partial charge in [-0.25, -0.2) is 0 Å². The van der Waals surface area contributed by atoms with Crippen molar-refractivity contribution >= 4 is 15.9 Å². The minimum absolute atomic E-state index is 0.539. The summed E-state index contributed by atoms with van der Waals surface area (Å²) in [5.74, 6) is 0.836. The third kappa shape index (κ3) is 3.58. The standard InChI is InChI=1S/C16H24BrN/c1-4-8-18-15(14-11-16(14,2)3)10-12-6-5-7-13(17)9-12/h5-7,9,14-15,18H,4,8,10-11H2,1-3H3. The summed E-state index contributed by atoms with van der Waals surface area (Å²) >= 11 is 3.56. The molecule has 0 aromatic heterocycles. The minimum atomic E-state index is 0.539. The van der Waals surface area contributed by atoms with Crippen LogP contribution in [0.25, 0.3) is 0 Å². The molecule has 2 atom stereocenters. The Morgan fingerprint density at radius 1 is 1.44 bits per heavy atom. The highest BCUT2D eigenvalue weighted by Gasteiger charge is 2.49. The van der Waals surface area contributed by atoms with E-state index in [1.807, 2.05) is 0 Å². The number of nitrogens with one attached hydrogen (secondary N) is 1. The molecule has 0 radical (unpaired) electrons. The van der Waals surface area contributed by atoms with E-state index in [1.165, 1.54) is 22.9 Å². The number of rotatable bonds is 6. The van der Waals surface area contributed by atoms with Gasteiger partial charge in [-0.3, -0.25) is 0 Å². The molecular formula is C16H24BrN. The van der Waals surface area contributed by atoms with Crippen LogP contribution < -0.4 is 5.32 Å². The molecule has 0 saturated heterocycles. The zero-order valence-corrected chi connectivity index (χ0v) is 13.3. The first-order valence-corrected chi connectivity index (χ1v) is 7.80. The summed E-state index contributed by atoms with van der Waals surface area (Å²) in [5, 5.41) is 3.74. The third-order valence-electron chi connectivity index (χ3n) is 4.08. The van der Waals surface area contributed by atoms with Crippen molar-refractivity contribution in [2.45, 2.75) is 46.1 Å². The van der Waals surface area contributed by atoms with Gasteiger partial charge in [0, 0.05) is 10.5 Å². The number of halogens is 1. The van der Waals surface area contributed by atoms with E-state index < -0.39 is 0 Å². The summed E-state index contributed by atoms with van der Waals surface area (Å²) in [7, 11) is 0. The monoisotopic (exact) mass is 309 g/mol. The summed E-state index contributed by atoms with van der Waals surface area (Å²) in [5.41, 5.74) is 1.97. The fraction of sp³-hybridized carbons (Fsp3) is 0.625. The molecule has 2 heteroatoms. The molecule has 1 aliphatic carbocycles. The van der Waals surface area contributed by atoms with Crippen molar-refractivity contribution in [3.8, 4) is 0 Å². The Morgan fingerprint density at radius 2 is 2.17 bits per heavy atom. The molecule has 1 fully saturated rings. The van der Waals surface area contributed by atoms with Crippen LogP contribution in [0.3, 0.4) is 0 Å². The SMILES string of the molecule is CCCNC(Cc1cccc(Br)c1)C1CC1(C)C. The Hall–Kier alpha value is -0.340. The Labute approximate surface area is 119 Å². The van der Waals surface area contributed by atoms with E-state index in [-0.39, 0.29) is 0 Å². The lowest BCUT2D eigenvalue weighted by atomic mass is 9.97. The number of benzene rings is 1. The second kappa shape index (κ2) is 5.75. The molecule has 1 aromatic rings. The van der Waals surface area contributed by atoms with Crippen LogP contribution in [0.15, 0.2) is 28.7 Å². The topological polar surface area (TPSA) is 12.0 Å². The fourth-order valence-electron chi connectivity index (χ4n) is 2.80. The average molecular weight is 310 g/mol. The average Bonchev–Trinajstić information content (AvgIpc) is 2.94. The van der Waals surface area contributed by atoms with Gasteiger partial charge in [0.2, 0.25) is 0 Å². The van der Waals surface area contributed by atoms with E-state index in [9.17, 15) is 0 Å². The molecule has 1 nitrogen and oxygen atoms in total. The zero-order chi connectivity index (χ0) is 13.2. The maximum absolute atomic E-state index is 3.74. The van der Waals surface area contributed by atoms with Crippen molar-refractivity contribution in [2.24, 2.45) is 11.3 Å². The molecule has 0 heterocycles. The first kappa shape index (κ1) is 14.1. The highest BCUT2D eigenvalue weighted by molar-refractivity contribution is 9.10. The summed E-state index contributed by atoms with van der Waals surface area (Å²) in [6.07, 6.45) is 3.72. The Morgan fingerprint density at radius 3 is 2.72 bits per heavy atom. The van der Waals surface area contributed by atoms with Crippen molar-refractivity contribution in [2.75, 3.05) is 6.54 Å². The van der Waals surface area contributed by atoms with Crippen molar-refractivity contribution in [1.29, 1.82) is 0 Å². The smallest absolute Gasteiger partial charge is 0.0178 e. The lowest BCUT2D eigenvalue weighted by molar-refractivity contribution is 0.402. The van der Waals surface area contributed by atoms with Gasteiger partial charge in [0.15, 0.2) is 0 Å². The summed E-state index contributed by atoms with van der Waals surface area (Å²) in [4.78, 5) is 0. The highest BCUT2D eigenvalue weighted by Crippen LogP contribution is 2.54. The maximum atomic E-state index is 3.74. The van der Waals surface area contributed by atoms with Crippen LogP contribution in [-0.2, 0) is 6.42 Å². The lowest BCUT2D eigenvalue weighted by Gasteiger charge is -2.20. The van der Waals surface area contributed by atoms with Crippen LogP contribution in [0, 0.1) is 11.3 Å². The molecule has 2 unspecified atom stereocenters. The molecule has 0 aliphatic heterocycles. The number of hydrogen-bond donors (Lipinski definition) is 1. The molecular weight excluding hydrogens is 286 g/mol. The van der Waals surface area contributed by atoms with Crippen LogP contribution in [0.5, 0.6) is 0 Å². The zero-order valence-electron chi connectivity index (χ0n) is 11.7. The van der Waals surface area contributed by atoms with Gasteiger partial charge >= 0.3 is 0 Å². The summed E-state index contributed by atoms with van der Waals surface area (Å²) in [6, 6.07) is 9.35.